The second-order valence-corrected chi connectivity index (χ2v) is 9.32. The average Bonchev–Trinajstić information content (AvgIpc) is 2.71. The monoisotopic (exact) mass is 475 g/mol. The van der Waals surface area contributed by atoms with Gasteiger partial charge in [0.15, 0.2) is 6.61 Å². The number of nitrogens with one attached hydrogen (secondary N) is 3. The summed E-state index contributed by atoms with van der Waals surface area (Å²) in [5.41, 5.74) is -0.684. The van der Waals surface area contributed by atoms with Crippen LogP contribution < -0.4 is 20.7 Å². The molecule has 11 heteroatoms. The minimum atomic E-state index is -2.40. The summed E-state index contributed by atoms with van der Waals surface area (Å²) >= 11 is 5.61. The van der Waals surface area contributed by atoms with E-state index in [1.54, 1.807) is 0 Å². The van der Waals surface area contributed by atoms with Gasteiger partial charge < -0.3 is 25.4 Å². The van der Waals surface area contributed by atoms with Crippen LogP contribution >= 0.6 is 11.6 Å². The molecule has 1 aromatic rings. The van der Waals surface area contributed by atoms with E-state index in [9.17, 15) is 22.8 Å². The van der Waals surface area contributed by atoms with E-state index >= 15 is 0 Å². The smallest absolute Gasteiger partial charge is 0.258 e. The standard InChI is InChI=1S/C21H25ClF3N3O4/c22-14-3-1-12(5-15(14)23)31-7-17(29)27-20-9-21(10-20,11-20)28-18(30)8-32-13-2-4-16(19(24)25)26-6-13/h1,3,5,13,16,19,26H,2,4,6-11H2,(H,27,29)(H,28,30). The van der Waals surface area contributed by atoms with Gasteiger partial charge in [0.2, 0.25) is 5.91 Å². The molecule has 1 aliphatic heterocycles. The molecule has 1 heterocycles. The van der Waals surface area contributed by atoms with Crippen LogP contribution in [0.25, 0.3) is 0 Å². The van der Waals surface area contributed by atoms with Crippen molar-refractivity contribution in [3.8, 4) is 5.75 Å². The van der Waals surface area contributed by atoms with Gasteiger partial charge in [0.25, 0.3) is 12.3 Å². The van der Waals surface area contributed by atoms with Crippen LogP contribution in [0.15, 0.2) is 18.2 Å². The Morgan fingerprint density at radius 2 is 1.78 bits per heavy atom. The molecule has 1 saturated heterocycles. The third-order valence-electron chi connectivity index (χ3n) is 6.26. The maximum Gasteiger partial charge on any atom is 0.258 e. The van der Waals surface area contributed by atoms with Crippen molar-refractivity contribution in [1.82, 2.24) is 16.0 Å². The fourth-order valence-corrected chi connectivity index (χ4v) is 4.95. The average molecular weight is 476 g/mol. The van der Waals surface area contributed by atoms with Crippen molar-refractivity contribution in [3.63, 3.8) is 0 Å². The van der Waals surface area contributed by atoms with E-state index in [0.717, 1.165) is 6.07 Å². The molecule has 2 amide bonds. The van der Waals surface area contributed by atoms with E-state index in [4.69, 9.17) is 21.1 Å². The van der Waals surface area contributed by atoms with Crippen LogP contribution in [-0.2, 0) is 14.3 Å². The summed E-state index contributed by atoms with van der Waals surface area (Å²) in [4.78, 5) is 24.4. The second-order valence-electron chi connectivity index (χ2n) is 8.91. The third kappa shape index (κ3) is 5.13. The van der Waals surface area contributed by atoms with Gasteiger partial charge in [-0.1, -0.05) is 11.6 Å². The summed E-state index contributed by atoms with van der Waals surface area (Å²) in [5.74, 6) is -0.993. The Bertz CT molecular complexity index is 860. The number of ether oxygens (including phenoxy) is 2. The maximum absolute atomic E-state index is 13.4. The Morgan fingerprint density at radius 3 is 2.34 bits per heavy atom. The third-order valence-corrected chi connectivity index (χ3v) is 6.57. The van der Waals surface area contributed by atoms with Crippen LogP contribution in [0.1, 0.15) is 32.1 Å². The van der Waals surface area contributed by atoms with Crippen LogP contribution in [0.4, 0.5) is 13.2 Å². The van der Waals surface area contributed by atoms with Crippen molar-refractivity contribution in [1.29, 1.82) is 0 Å². The molecule has 7 nitrogen and oxygen atoms in total. The van der Waals surface area contributed by atoms with Crippen molar-refractivity contribution in [2.24, 2.45) is 0 Å². The number of hydrogen-bond acceptors (Lipinski definition) is 5. The zero-order valence-corrected chi connectivity index (χ0v) is 18.0. The molecule has 4 fully saturated rings. The van der Waals surface area contributed by atoms with Crippen LogP contribution in [0.3, 0.4) is 0 Å². The number of rotatable bonds is 9. The van der Waals surface area contributed by atoms with Gasteiger partial charge in [-0.15, -0.1) is 0 Å². The summed E-state index contributed by atoms with van der Waals surface area (Å²) in [6.07, 6.45) is -0.00416. The molecule has 3 aliphatic carbocycles. The summed E-state index contributed by atoms with van der Waals surface area (Å²) in [6.45, 7) is -0.0799. The first-order valence-electron chi connectivity index (χ1n) is 10.5. The van der Waals surface area contributed by atoms with Gasteiger partial charge in [-0.3, -0.25) is 9.59 Å². The fourth-order valence-electron chi connectivity index (χ4n) is 4.84. The quantitative estimate of drug-likeness (QED) is 0.509. The SMILES string of the molecule is O=C(COc1ccc(Cl)c(F)c1)NC12CC(NC(=O)COC3CCC(C(F)F)NC3)(C1)C2. The highest BCUT2D eigenvalue weighted by atomic mass is 35.5. The minimum absolute atomic E-state index is 0.0239. The summed E-state index contributed by atoms with van der Waals surface area (Å²) < 4.78 is 49.5. The number of hydrogen-bond donors (Lipinski definition) is 3. The van der Waals surface area contributed by atoms with Gasteiger partial charge in [-0.2, -0.15) is 0 Å². The van der Waals surface area contributed by atoms with Gasteiger partial charge in [0.05, 0.1) is 17.2 Å². The number of carbonyl (C=O) groups is 2. The molecule has 5 rings (SSSR count). The lowest BCUT2D eigenvalue weighted by molar-refractivity contribution is -0.153. The first-order valence-corrected chi connectivity index (χ1v) is 10.9. The van der Waals surface area contributed by atoms with Crippen molar-refractivity contribution < 1.29 is 32.2 Å². The van der Waals surface area contributed by atoms with E-state index in [0.29, 0.717) is 38.6 Å². The molecule has 2 unspecified atom stereocenters. The van der Waals surface area contributed by atoms with E-state index in [1.807, 2.05) is 0 Å². The first-order chi connectivity index (χ1) is 15.2. The number of alkyl halides is 2. The van der Waals surface area contributed by atoms with Crippen LogP contribution in [0, 0.1) is 5.82 Å². The molecule has 3 N–H and O–H groups in total. The Hall–Kier alpha value is -2.04. The second kappa shape index (κ2) is 9.07. The maximum atomic E-state index is 13.4. The van der Waals surface area contributed by atoms with Crippen molar-refractivity contribution in [2.45, 2.75) is 61.8 Å². The Balaban J connectivity index is 1.12. The predicted octanol–water partition coefficient (Wildman–Crippen LogP) is 2.17. The Kier molecular flexibility index (Phi) is 6.56. The zero-order valence-electron chi connectivity index (χ0n) is 17.3. The molecule has 0 aromatic heterocycles. The largest absolute Gasteiger partial charge is 0.484 e. The van der Waals surface area contributed by atoms with Gasteiger partial charge in [-0.05, 0) is 44.2 Å². The molecule has 1 aromatic carbocycles. The summed E-state index contributed by atoms with van der Waals surface area (Å²) in [5, 5.41) is 8.58. The number of benzene rings is 1. The molecule has 176 valence electrons. The molecule has 0 spiro atoms. The first kappa shape index (κ1) is 23.1. The summed E-state index contributed by atoms with van der Waals surface area (Å²) in [6, 6.07) is 3.14. The van der Waals surface area contributed by atoms with E-state index < -0.39 is 18.3 Å². The Labute approximate surface area is 188 Å². The van der Waals surface area contributed by atoms with Gasteiger partial charge in [0, 0.05) is 23.7 Å². The van der Waals surface area contributed by atoms with Crippen molar-refractivity contribution >= 4 is 23.4 Å². The van der Waals surface area contributed by atoms with E-state index in [-0.39, 0.29) is 53.0 Å². The van der Waals surface area contributed by atoms with Crippen LogP contribution in [0.2, 0.25) is 5.02 Å². The van der Waals surface area contributed by atoms with Gasteiger partial charge >= 0.3 is 0 Å². The highest BCUT2D eigenvalue weighted by Gasteiger charge is 2.69. The van der Waals surface area contributed by atoms with Crippen molar-refractivity contribution in [2.75, 3.05) is 19.8 Å². The highest BCUT2D eigenvalue weighted by Crippen LogP contribution is 2.60. The molecule has 2 atom stereocenters. The number of carbonyl (C=O) groups excluding carboxylic acids is 2. The molecule has 3 saturated carbocycles. The molecular formula is C21H25ClF3N3O4. The number of piperidine rings is 1. The molecule has 2 bridgehead atoms. The molecule has 32 heavy (non-hydrogen) atoms. The predicted molar refractivity (Wildman–Crippen MR) is 109 cm³/mol. The lowest BCUT2D eigenvalue weighted by Crippen LogP contribution is -2.84. The van der Waals surface area contributed by atoms with Gasteiger partial charge in [-0.25, -0.2) is 13.2 Å². The number of amides is 2. The summed E-state index contributed by atoms with van der Waals surface area (Å²) in [7, 11) is 0. The van der Waals surface area contributed by atoms with Crippen molar-refractivity contribution in [3.05, 3.63) is 29.0 Å². The molecule has 0 radical (unpaired) electrons. The lowest BCUT2D eigenvalue weighted by Gasteiger charge is -2.70. The van der Waals surface area contributed by atoms with E-state index in [1.165, 1.54) is 12.1 Å². The van der Waals surface area contributed by atoms with Crippen LogP contribution in [-0.4, -0.2) is 61.2 Å². The number of halogens is 4. The molecule has 4 aliphatic rings. The van der Waals surface area contributed by atoms with E-state index in [2.05, 4.69) is 16.0 Å². The topological polar surface area (TPSA) is 88.7 Å². The lowest BCUT2D eigenvalue weighted by atomic mass is 9.44. The van der Waals surface area contributed by atoms with Gasteiger partial charge in [0.1, 0.15) is 18.2 Å². The zero-order chi connectivity index (χ0) is 22.9. The molecular weight excluding hydrogens is 451 g/mol. The van der Waals surface area contributed by atoms with Crippen LogP contribution in [0.5, 0.6) is 5.75 Å². The fraction of sp³-hybridized carbons (Fsp3) is 0.619. The minimum Gasteiger partial charge on any atom is -0.484 e. The highest BCUT2D eigenvalue weighted by molar-refractivity contribution is 6.30. The Morgan fingerprint density at radius 1 is 1.12 bits per heavy atom. The normalized spacial score (nSPS) is 30.8.